The van der Waals surface area contributed by atoms with Gasteiger partial charge < -0.3 is 43.0 Å². The van der Waals surface area contributed by atoms with Gasteiger partial charge in [-0.05, 0) is 43.0 Å². The standard InChI is InChI=1S/C31H54O10/c1-3-5-6-8-28(7-4-2)27-40-24-23-38-20-19-36-16-15-34-13-14-35-17-18-37-21-22-39-25-26-41-31(33)29-9-11-30(32)12-10-29/h9-12,28,32H,3-8,13-27H2,1-2H3. The number of phenols is 1. The molecular weight excluding hydrogens is 532 g/mol. The zero-order chi connectivity index (χ0) is 29.6. The fraction of sp³-hybridized carbons (Fsp3) is 0.774. The third kappa shape index (κ3) is 23.5. The van der Waals surface area contributed by atoms with Gasteiger partial charge in [0.25, 0.3) is 0 Å². The number of benzene rings is 1. The average Bonchev–Trinajstić information content (AvgIpc) is 2.97. The van der Waals surface area contributed by atoms with Crippen molar-refractivity contribution < 1.29 is 47.8 Å². The maximum atomic E-state index is 11.8. The first-order chi connectivity index (χ1) is 20.2. The molecule has 0 aromatic heterocycles. The quantitative estimate of drug-likeness (QED) is 0.101. The van der Waals surface area contributed by atoms with E-state index < -0.39 is 5.97 Å². The molecule has 0 aliphatic heterocycles. The van der Waals surface area contributed by atoms with Gasteiger partial charge in [0.2, 0.25) is 0 Å². The van der Waals surface area contributed by atoms with Crippen LogP contribution in [0.15, 0.2) is 24.3 Å². The van der Waals surface area contributed by atoms with Gasteiger partial charge in [-0.1, -0.05) is 39.5 Å². The van der Waals surface area contributed by atoms with E-state index in [1.807, 2.05) is 0 Å². The molecule has 1 aromatic carbocycles. The zero-order valence-corrected chi connectivity index (χ0v) is 25.4. The predicted octanol–water partition coefficient (Wildman–Crippen LogP) is 4.66. The van der Waals surface area contributed by atoms with Crippen LogP contribution in [0.3, 0.4) is 0 Å². The Morgan fingerprint density at radius 3 is 1.46 bits per heavy atom. The molecule has 0 fully saturated rings. The molecule has 1 N–H and O–H groups in total. The predicted molar refractivity (Wildman–Crippen MR) is 157 cm³/mol. The minimum absolute atomic E-state index is 0.0997. The number of hydrogen-bond acceptors (Lipinski definition) is 10. The van der Waals surface area contributed by atoms with Crippen molar-refractivity contribution >= 4 is 5.97 Å². The van der Waals surface area contributed by atoms with Gasteiger partial charge in [0.15, 0.2) is 0 Å². The Hall–Kier alpha value is -1.79. The molecule has 0 aliphatic rings. The molecule has 0 radical (unpaired) electrons. The molecule has 238 valence electrons. The number of hydrogen-bond donors (Lipinski definition) is 1. The number of rotatable bonds is 30. The highest BCUT2D eigenvalue weighted by atomic mass is 16.6. The van der Waals surface area contributed by atoms with Crippen LogP contribution in [-0.2, 0) is 37.9 Å². The van der Waals surface area contributed by atoms with Gasteiger partial charge in [0.1, 0.15) is 12.4 Å². The van der Waals surface area contributed by atoms with Crippen LogP contribution in [0, 0.1) is 5.92 Å². The second-order valence-electron chi connectivity index (χ2n) is 9.58. The molecular formula is C31H54O10. The maximum Gasteiger partial charge on any atom is 0.338 e. The van der Waals surface area contributed by atoms with Gasteiger partial charge in [-0.25, -0.2) is 4.79 Å². The van der Waals surface area contributed by atoms with E-state index in [4.69, 9.17) is 37.9 Å². The van der Waals surface area contributed by atoms with Gasteiger partial charge in [0, 0.05) is 6.61 Å². The lowest BCUT2D eigenvalue weighted by Gasteiger charge is -2.16. The number of carbonyl (C=O) groups excluding carboxylic acids is 1. The van der Waals surface area contributed by atoms with Crippen LogP contribution in [0.2, 0.25) is 0 Å². The molecule has 41 heavy (non-hydrogen) atoms. The van der Waals surface area contributed by atoms with Crippen molar-refractivity contribution in [2.75, 3.05) is 99.1 Å². The average molecular weight is 587 g/mol. The van der Waals surface area contributed by atoms with E-state index in [0.29, 0.717) is 90.8 Å². The Kier molecular flexibility index (Phi) is 25.7. The number of phenolic OH excluding ortho intramolecular Hbond substituents is 1. The monoisotopic (exact) mass is 586 g/mol. The van der Waals surface area contributed by atoms with Gasteiger partial charge in [-0.3, -0.25) is 0 Å². The van der Waals surface area contributed by atoms with E-state index >= 15 is 0 Å². The summed E-state index contributed by atoms with van der Waals surface area (Å²) in [4.78, 5) is 11.8. The third-order valence-electron chi connectivity index (χ3n) is 6.06. The van der Waals surface area contributed by atoms with Crippen LogP contribution in [-0.4, -0.2) is 110 Å². The fourth-order valence-corrected chi connectivity index (χ4v) is 3.85. The lowest BCUT2D eigenvalue weighted by Crippen LogP contribution is -2.16. The first-order valence-corrected chi connectivity index (χ1v) is 15.2. The maximum absolute atomic E-state index is 11.8. The molecule has 10 nitrogen and oxygen atoms in total. The second kappa shape index (κ2) is 28.3. The van der Waals surface area contributed by atoms with Gasteiger partial charge in [-0.2, -0.15) is 0 Å². The number of esters is 1. The summed E-state index contributed by atoms with van der Waals surface area (Å²) in [5, 5.41) is 9.23. The topological polar surface area (TPSA) is 111 Å². The smallest absolute Gasteiger partial charge is 0.338 e. The first-order valence-electron chi connectivity index (χ1n) is 15.2. The number of ether oxygens (including phenoxy) is 8. The highest BCUT2D eigenvalue weighted by molar-refractivity contribution is 5.89. The molecule has 0 aliphatic carbocycles. The molecule has 0 saturated carbocycles. The molecule has 1 rings (SSSR count). The molecule has 10 heteroatoms. The third-order valence-corrected chi connectivity index (χ3v) is 6.06. The molecule has 0 spiro atoms. The summed E-state index contributed by atoms with van der Waals surface area (Å²) >= 11 is 0. The second-order valence-corrected chi connectivity index (χ2v) is 9.58. The van der Waals surface area contributed by atoms with Crippen molar-refractivity contribution in [3.8, 4) is 5.75 Å². The SMILES string of the molecule is CCCCCC(CCC)COCCOCCOCCOCCOCCOCCOCCOC(=O)c1ccc(O)cc1. The van der Waals surface area contributed by atoms with Gasteiger partial charge in [0.05, 0.1) is 91.5 Å². The van der Waals surface area contributed by atoms with E-state index in [-0.39, 0.29) is 19.0 Å². The van der Waals surface area contributed by atoms with E-state index in [2.05, 4.69) is 13.8 Å². The van der Waals surface area contributed by atoms with Crippen molar-refractivity contribution in [1.29, 1.82) is 0 Å². The number of unbranched alkanes of at least 4 members (excludes halogenated alkanes) is 2. The van der Waals surface area contributed by atoms with Crippen molar-refractivity contribution in [1.82, 2.24) is 0 Å². The highest BCUT2D eigenvalue weighted by Crippen LogP contribution is 2.16. The summed E-state index contributed by atoms with van der Waals surface area (Å²) in [6.45, 7) is 11.9. The summed E-state index contributed by atoms with van der Waals surface area (Å²) < 4.78 is 43.7. The van der Waals surface area contributed by atoms with Crippen molar-refractivity contribution in [3.05, 3.63) is 29.8 Å². The molecule has 0 amide bonds. The van der Waals surface area contributed by atoms with Crippen LogP contribution in [0.5, 0.6) is 5.75 Å². The molecule has 0 bridgehead atoms. The van der Waals surface area contributed by atoms with Crippen molar-refractivity contribution in [3.63, 3.8) is 0 Å². The van der Waals surface area contributed by atoms with E-state index in [1.165, 1.54) is 62.8 Å². The van der Waals surface area contributed by atoms with Crippen molar-refractivity contribution in [2.24, 2.45) is 5.92 Å². The van der Waals surface area contributed by atoms with Crippen LogP contribution < -0.4 is 0 Å². The molecule has 1 aromatic rings. The summed E-state index contributed by atoms with van der Waals surface area (Å²) in [5.41, 5.74) is 0.381. The van der Waals surface area contributed by atoms with Gasteiger partial charge >= 0.3 is 5.97 Å². The first kappa shape index (κ1) is 37.2. The normalized spacial score (nSPS) is 12.0. The summed E-state index contributed by atoms with van der Waals surface area (Å²) in [6.07, 6.45) is 7.60. The molecule has 0 heterocycles. The lowest BCUT2D eigenvalue weighted by atomic mass is 9.97. The minimum atomic E-state index is -0.455. The minimum Gasteiger partial charge on any atom is -0.508 e. The number of carbonyl (C=O) groups is 1. The molecule has 1 atom stereocenters. The van der Waals surface area contributed by atoms with Crippen LogP contribution in [0.1, 0.15) is 62.7 Å². The molecule has 0 saturated heterocycles. The Balaban J connectivity index is 1.74. The summed E-state index contributed by atoms with van der Waals surface area (Å²) in [6, 6.07) is 5.88. The fourth-order valence-electron chi connectivity index (χ4n) is 3.85. The Morgan fingerprint density at radius 2 is 1.02 bits per heavy atom. The van der Waals surface area contributed by atoms with Crippen LogP contribution >= 0.6 is 0 Å². The zero-order valence-electron chi connectivity index (χ0n) is 25.4. The Morgan fingerprint density at radius 1 is 0.585 bits per heavy atom. The van der Waals surface area contributed by atoms with E-state index in [0.717, 1.165) is 6.61 Å². The van der Waals surface area contributed by atoms with Crippen LogP contribution in [0.25, 0.3) is 0 Å². The molecule has 1 unspecified atom stereocenters. The van der Waals surface area contributed by atoms with E-state index in [1.54, 1.807) is 0 Å². The largest absolute Gasteiger partial charge is 0.508 e. The van der Waals surface area contributed by atoms with Crippen molar-refractivity contribution in [2.45, 2.75) is 52.4 Å². The van der Waals surface area contributed by atoms with Crippen LogP contribution in [0.4, 0.5) is 0 Å². The highest BCUT2D eigenvalue weighted by Gasteiger charge is 2.08. The number of aromatic hydroxyl groups is 1. The Bertz CT molecular complexity index is 701. The summed E-state index contributed by atoms with van der Waals surface area (Å²) in [5.74, 6) is 0.322. The lowest BCUT2D eigenvalue weighted by molar-refractivity contribution is -0.0234. The Labute approximate surface area is 246 Å². The van der Waals surface area contributed by atoms with E-state index in [9.17, 15) is 9.90 Å². The van der Waals surface area contributed by atoms with Gasteiger partial charge in [-0.15, -0.1) is 0 Å². The summed E-state index contributed by atoms with van der Waals surface area (Å²) in [7, 11) is 0.